The van der Waals surface area contributed by atoms with Gasteiger partial charge in [0.2, 0.25) is 5.91 Å². The molecule has 0 saturated carbocycles. The quantitative estimate of drug-likeness (QED) is 0.718. The number of hydrogen-bond donors (Lipinski definition) is 1. The summed E-state index contributed by atoms with van der Waals surface area (Å²) in [6, 6.07) is 1.41. The molecule has 0 saturated heterocycles. The molecule has 1 aromatic heterocycles. The fraction of sp³-hybridized carbons (Fsp3) is 0.222. The van der Waals surface area contributed by atoms with Crippen LogP contribution in [0.5, 0.6) is 0 Å². The van der Waals surface area contributed by atoms with Crippen LogP contribution in [-0.4, -0.2) is 29.0 Å². The van der Waals surface area contributed by atoms with Gasteiger partial charge in [-0.05, 0) is 11.6 Å². The first-order chi connectivity index (χ1) is 7.00. The van der Waals surface area contributed by atoms with E-state index in [4.69, 9.17) is 5.73 Å². The fourth-order valence-electron chi connectivity index (χ4n) is 1.00. The molecule has 0 aromatic carbocycles. The first-order valence-electron chi connectivity index (χ1n) is 4.16. The van der Waals surface area contributed by atoms with E-state index in [1.54, 1.807) is 0 Å². The van der Waals surface area contributed by atoms with Gasteiger partial charge in [-0.1, -0.05) is 4.48 Å². The third kappa shape index (κ3) is 3.01. The van der Waals surface area contributed by atoms with Crippen LogP contribution in [0.1, 0.15) is 15.9 Å². The summed E-state index contributed by atoms with van der Waals surface area (Å²) >= 11 is 0. The molecule has 0 atom stereocenters. The number of halogens is 1. The van der Waals surface area contributed by atoms with Crippen LogP contribution in [0, 0.1) is 0 Å². The lowest BCUT2D eigenvalue weighted by atomic mass is 10.1. The summed E-state index contributed by atoms with van der Waals surface area (Å²) in [5, 5.41) is -0.0169. The van der Waals surface area contributed by atoms with E-state index >= 15 is 0 Å². The van der Waals surface area contributed by atoms with Crippen molar-refractivity contribution in [2.45, 2.75) is 6.42 Å². The minimum absolute atomic E-state index is 0.0169. The van der Waals surface area contributed by atoms with Gasteiger partial charge in [-0.3, -0.25) is 14.6 Å². The highest BCUT2D eigenvalue weighted by molar-refractivity contribution is 5.92. The molecule has 1 heterocycles. The SMILES string of the molecule is CN(F)C(=O)Cc1cncc(C(N)=O)c1. The molecule has 0 aliphatic rings. The zero-order valence-corrected chi connectivity index (χ0v) is 8.11. The summed E-state index contributed by atoms with van der Waals surface area (Å²) in [6.45, 7) is 0. The molecule has 0 bridgehead atoms. The summed E-state index contributed by atoms with van der Waals surface area (Å²) in [7, 11) is 1.01. The van der Waals surface area contributed by atoms with Crippen molar-refractivity contribution < 1.29 is 14.1 Å². The molecule has 15 heavy (non-hydrogen) atoms. The molecule has 2 amide bonds. The average Bonchev–Trinajstić information content (AvgIpc) is 2.18. The minimum Gasteiger partial charge on any atom is -0.366 e. The minimum atomic E-state index is -0.710. The van der Waals surface area contributed by atoms with Gasteiger partial charge in [-0.2, -0.15) is 5.12 Å². The molecule has 0 radical (unpaired) electrons. The maximum absolute atomic E-state index is 12.4. The van der Waals surface area contributed by atoms with E-state index in [1.165, 1.54) is 18.5 Å². The van der Waals surface area contributed by atoms with Gasteiger partial charge in [0.15, 0.2) is 0 Å². The van der Waals surface area contributed by atoms with Gasteiger partial charge in [-0.25, -0.2) is 0 Å². The highest BCUT2D eigenvalue weighted by Crippen LogP contribution is 2.04. The van der Waals surface area contributed by atoms with Gasteiger partial charge < -0.3 is 5.73 Å². The second-order valence-electron chi connectivity index (χ2n) is 2.99. The van der Waals surface area contributed by atoms with Crippen LogP contribution in [0.2, 0.25) is 0 Å². The van der Waals surface area contributed by atoms with Crippen molar-refractivity contribution in [1.82, 2.24) is 10.1 Å². The van der Waals surface area contributed by atoms with Crippen LogP contribution in [0.25, 0.3) is 0 Å². The van der Waals surface area contributed by atoms with E-state index in [0.717, 1.165) is 7.05 Å². The summed E-state index contributed by atoms with van der Waals surface area (Å²) in [5.41, 5.74) is 5.67. The molecule has 0 unspecified atom stereocenters. The van der Waals surface area contributed by atoms with Crippen molar-refractivity contribution >= 4 is 11.8 Å². The summed E-state index contributed by atoms with van der Waals surface area (Å²) in [4.78, 5) is 25.5. The number of carbonyl (C=O) groups is 2. The molecule has 80 valence electrons. The van der Waals surface area contributed by atoms with Crippen molar-refractivity contribution in [1.29, 1.82) is 0 Å². The lowest BCUT2D eigenvalue weighted by Gasteiger charge is -2.05. The van der Waals surface area contributed by atoms with Crippen LogP contribution in [-0.2, 0) is 11.2 Å². The number of likely N-dealkylation sites (N-methyl/N-ethyl adjacent to an activating group) is 1. The van der Waals surface area contributed by atoms with Gasteiger partial charge in [0.1, 0.15) is 0 Å². The maximum Gasteiger partial charge on any atom is 0.254 e. The monoisotopic (exact) mass is 211 g/mol. The van der Waals surface area contributed by atoms with Gasteiger partial charge in [0.25, 0.3) is 5.91 Å². The van der Waals surface area contributed by atoms with Crippen LogP contribution in [0.3, 0.4) is 0 Å². The predicted octanol–water partition coefficient (Wildman–Crippen LogP) is 0.0659. The highest BCUT2D eigenvalue weighted by Gasteiger charge is 2.10. The fourth-order valence-corrected chi connectivity index (χ4v) is 1.00. The van der Waals surface area contributed by atoms with Gasteiger partial charge in [0.05, 0.1) is 12.0 Å². The average molecular weight is 211 g/mol. The summed E-state index contributed by atoms with van der Waals surface area (Å²) in [5.74, 6) is -1.34. The lowest BCUT2D eigenvalue weighted by molar-refractivity contribution is -0.142. The number of nitrogens with two attached hydrogens (primary N) is 1. The largest absolute Gasteiger partial charge is 0.366 e. The number of hydrogen-bond acceptors (Lipinski definition) is 3. The second kappa shape index (κ2) is 4.50. The number of carbonyl (C=O) groups excluding carboxylic acids is 2. The molecule has 0 aliphatic carbocycles. The van der Waals surface area contributed by atoms with E-state index in [0.29, 0.717) is 5.56 Å². The zero-order valence-electron chi connectivity index (χ0n) is 8.11. The Morgan fingerprint density at radius 1 is 1.53 bits per heavy atom. The number of aromatic nitrogens is 1. The Bertz CT molecular complexity index is 393. The second-order valence-corrected chi connectivity index (χ2v) is 2.99. The molecular formula is C9H10FN3O2. The topological polar surface area (TPSA) is 76.3 Å². The first-order valence-corrected chi connectivity index (χ1v) is 4.16. The highest BCUT2D eigenvalue weighted by atomic mass is 19.2. The molecular weight excluding hydrogens is 201 g/mol. The Morgan fingerprint density at radius 3 is 2.73 bits per heavy atom. The van der Waals surface area contributed by atoms with E-state index < -0.39 is 11.8 Å². The Balaban J connectivity index is 2.83. The van der Waals surface area contributed by atoms with E-state index in [1.807, 2.05) is 0 Å². The Morgan fingerprint density at radius 2 is 2.20 bits per heavy atom. The summed E-state index contributed by atoms with van der Waals surface area (Å²) in [6.07, 6.45) is 2.52. The number of amides is 2. The molecule has 1 rings (SSSR count). The standard InChI is InChI=1S/C9H10FN3O2/c1-13(10)8(14)3-6-2-7(9(11)15)5-12-4-6/h2,4-5H,3H2,1H3,(H2,11,15). The lowest BCUT2D eigenvalue weighted by Crippen LogP contribution is -2.20. The molecule has 5 nitrogen and oxygen atoms in total. The Hall–Kier alpha value is -1.98. The van der Waals surface area contributed by atoms with Crippen LogP contribution in [0.15, 0.2) is 18.5 Å². The maximum atomic E-state index is 12.4. The van der Waals surface area contributed by atoms with Crippen molar-refractivity contribution in [3.05, 3.63) is 29.6 Å². The van der Waals surface area contributed by atoms with E-state index in [-0.39, 0.29) is 17.1 Å². The van der Waals surface area contributed by atoms with Crippen molar-refractivity contribution in [2.24, 2.45) is 5.73 Å². The van der Waals surface area contributed by atoms with E-state index in [9.17, 15) is 14.1 Å². The van der Waals surface area contributed by atoms with Gasteiger partial charge >= 0.3 is 0 Å². The summed E-state index contributed by atoms with van der Waals surface area (Å²) < 4.78 is 12.4. The van der Waals surface area contributed by atoms with Crippen molar-refractivity contribution in [3.8, 4) is 0 Å². The van der Waals surface area contributed by atoms with Crippen LogP contribution in [0.4, 0.5) is 4.48 Å². The van der Waals surface area contributed by atoms with Gasteiger partial charge in [0, 0.05) is 19.4 Å². The van der Waals surface area contributed by atoms with Crippen LogP contribution >= 0.6 is 0 Å². The number of pyridine rings is 1. The third-order valence-corrected chi connectivity index (χ3v) is 1.78. The molecule has 1 aromatic rings. The number of primary amides is 1. The van der Waals surface area contributed by atoms with Crippen LogP contribution < -0.4 is 5.73 Å². The number of nitrogens with zero attached hydrogens (tertiary/aromatic N) is 2. The smallest absolute Gasteiger partial charge is 0.254 e. The van der Waals surface area contributed by atoms with Crippen molar-refractivity contribution in [2.75, 3.05) is 7.05 Å². The van der Waals surface area contributed by atoms with Gasteiger partial charge in [-0.15, -0.1) is 0 Å². The zero-order chi connectivity index (χ0) is 11.4. The van der Waals surface area contributed by atoms with Crippen molar-refractivity contribution in [3.63, 3.8) is 0 Å². The Kier molecular flexibility index (Phi) is 3.33. The molecule has 0 aliphatic heterocycles. The molecule has 2 N–H and O–H groups in total. The predicted molar refractivity (Wildman–Crippen MR) is 50.3 cm³/mol. The normalized spacial score (nSPS) is 9.73. The molecule has 0 spiro atoms. The van der Waals surface area contributed by atoms with E-state index in [2.05, 4.69) is 4.98 Å². The molecule has 6 heteroatoms. The molecule has 0 fully saturated rings. The Labute approximate surface area is 85.6 Å². The number of rotatable bonds is 3. The third-order valence-electron chi connectivity index (χ3n) is 1.78. The first kappa shape index (κ1) is 11.1.